The lowest BCUT2D eigenvalue weighted by molar-refractivity contribution is 0.382. The van der Waals surface area contributed by atoms with E-state index < -0.39 is 0 Å². The first kappa shape index (κ1) is 50.1. The molecule has 2 rings (SSSR count). The smallest absolute Gasteiger partial charge is 0.0297 e. The minimum Gasteiger partial charge on any atom is -0.0533 e. The van der Waals surface area contributed by atoms with Gasteiger partial charge in [0.2, 0.25) is 0 Å². The molecule has 322 valence electrons. The van der Waals surface area contributed by atoms with E-state index in [1.165, 1.54) is 315 Å². The quantitative estimate of drug-likeness (QED) is 0.231. The van der Waals surface area contributed by atoms with Gasteiger partial charge >= 0.3 is 0 Å². The lowest BCUT2D eigenvalue weighted by Gasteiger charge is -2.14. The van der Waals surface area contributed by atoms with Gasteiger partial charge in [0.15, 0.2) is 0 Å². The fourth-order valence-corrected chi connectivity index (χ4v) is 10.1. The molecule has 0 nitrogen and oxygen atoms in total. The highest BCUT2D eigenvalue weighted by Crippen LogP contribution is 2.53. The number of hydrogen-bond donors (Lipinski definition) is 0. The zero-order chi connectivity index (χ0) is 38.0. The van der Waals surface area contributed by atoms with Crippen LogP contribution in [0, 0.1) is 5.41 Å². The van der Waals surface area contributed by atoms with E-state index in [4.69, 9.17) is 0 Å². The monoisotopic (exact) mass is 755 g/mol. The summed E-state index contributed by atoms with van der Waals surface area (Å²) in [5, 5.41) is 0. The van der Waals surface area contributed by atoms with E-state index in [1.54, 1.807) is 25.7 Å². The predicted molar refractivity (Wildman–Crippen MR) is 247 cm³/mol. The summed E-state index contributed by atoms with van der Waals surface area (Å²) in [6.07, 6.45) is 79.9. The normalized spacial score (nSPS) is 25.3. The van der Waals surface area contributed by atoms with Crippen LogP contribution in [0.4, 0.5) is 0 Å². The van der Waals surface area contributed by atoms with Crippen LogP contribution in [-0.2, 0) is 0 Å². The van der Waals surface area contributed by atoms with Crippen LogP contribution in [0.25, 0.3) is 0 Å². The third-order valence-corrected chi connectivity index (χ3v) is 14.4. The molecule has 0 aromatic heterocycles. The van der Waals surface area contributed by atoms with Crippen LogP contribution in [0.3, 0.4) is 0 Å². The average molecular weight is 755 g/mol. The third kappa shape index (κ3) is 36.3. The van der Waals surface area contributed by atoms with Gasteiger partial charge in [0, 0.05) is 0 Å². The Morgan fingerprint density at radius 3 is 0.278 bits per heavy atom. The Hall–Kier alpha value is 0. The van der Waals surface area contributed by atoms with Crippen molar-refractivity contribution in [2.45, 2.75) is 340 Å². The van der Waals surface area contributed by atoms with E-state index >= 15 is 0 Å². The van der Waals surface area contributed by atoms with Crippen LogP contribution in [0.2, 0.25) is 0 Å². The van der Waals surface area contributed by atoms with Crippen molar-refractivity contribution in [1.29, 1.82) is 0 Å². The van der Waals surface area contributed by atoms with Gasteiger partial charge in [-0.1, -0.05) is 315 Å². The molecular weight excluding hydrogens is 649 g/mol. The standard InChI is InChI=1S/C54H106/c1-2-4-6-8-10-12-14-16-18-20-22-24-26-28-30-32-34-36-38-40-42-44-46-48-50-54(52-53-54)51-49-47-45-43-41-39-37-35-33-31-29-27-25-23-21-19-17-15-13-11-9-7-5-3-1/h1-53H2. The molecule has 0 bridgehead atoms. The molecule has 2 saturated carbocycles. The largest absolute Gasteiger partial charge is 0.0533 e. The molecule has 2 aliphatic carbocycles. The van der Waals surface area contributed by atoms with Crippen molar-refractivity contribution in [3.8, 4) is 0 Å². The summed E-state index contributed by atoms with van der Waals surface area (Å²) in [7, 11) is 0. The van der Waals surface area contributed by atoms with E-state index in [-0.39, 0.29) is 0 Å². The summed E-state index contributed by atoms with van der Waals surface area (Å²) in [4.78, 5) is 0. The number of rotatable bonds is 0. The van der Waals surface area contributed by atoms with Gasteiger partial charge in [0.05, 0.1) is 0 Å². The zero-order valence-electron chi connectivity index (χ0n) is 38.0. The van der Waals surface area contributed by atoms with Crippen LogP contribution in [0.15, 0.2) is 0 Å². The van der Waals surface area contributed by atoms with Gasteiger partial charge in [-0.3, -0.25) is 0 Å². The third-order valence-electron chi connectivity index (χ3n) is 14.4. The maximum absolute atomic E-state index is 1.56. The summed E-state index contributed by atoms with van der Waals surface area (Å²) in [5.41, 5.74) is 0.821. The first-order valence-corrected chi connectivity index (χ1v) is 26.9. The summed E-state index contributed by atoms with van der Waals surface area (Å²) < 4.78 is 0. The highest BCUT2D eigenvalue weighted by Gasteiger charge is 2.40. The Morgan fingerprint density at radius 1 is 0.0926 bits per heavy atom. The Labute approximate surface area is 344 Å². The molecule has 0 unspecified atom stereocenters. The van der Waals surface area contributed by atoms with Gasteiger partial charge < -0.3 is 0 Å². The van der Waals surface area contributed by atoms with Crippen molar-refractivity contribution >= 4 is 0 Å². The molecule has 0 N–H and O–H groups in total. The Bertz CT molecular complexity index is 634. The lowest BCUT2D eigenvalue weighted by atomic mass is 9.91. The number of hydrogen-bond acceptors (Lipinski definition) is 0. The molecule has 2 aliphatic rings. The van der Waals surface area contributed by atoms with Crippen molar-refractivity contribution < 1.29 is 0 Å². The molecule has 2 fully saturated rings. The maximum Gasteiger partial charge on any atom is -0.0297 e. The van der Waals surface area contributed by atoms with Crippen LogP contribution >= 0.6 is 0 Å². The highest BCUT2D eigenvalue weighted by atomic mass is 14.5. The molecule has 0 radical (unpaired) electrons. The SMILES string of the molecule is C1CCCCCCCCCCCCCCCCCCCCCCCCCC2(CCCCCCCCCCCCCCCCCCCCCCCCC1)CC2. The topological polar surface area (TPSA) is 0 Å². The van der Waals surface area contributed by atoms with Crippen molar-refractivity contribution in [2.75, 3.05) is 0 Å². The zero-order valence-corrected chi connectivity index (χ0v) is 38.0. The second kappa shape index (κ2) is 41.2. The molecule has 0 aromatic rings. The van der Waals surface area contributed by atoms with Gasteiger partial charge in [0.25, 0.3) is 0 Å². The van der Waals surface area contributed by atoms with Crippen molar-refractivity contribution in [2.24, 2.45) is 5.41 Å². The van der Waals surface area contributed by atoms with Crippen LogP contribution in [-0.4, -0.2) is 0 Å². The lowest BCUT2D eigenvalue weighted by Crippen LogP contribution is -2.00. The Kier molecular flexibility index (Phi) is 38.2. The molecule has 0 amide bonds. The predicted octanol–water partition coefficient (Wildman–Crippen LogP) is 20.7. The molecule has 0 aliphatic heterocycles. The first-order chi connectivity index (χ1) is 26.9. The second-order valence-corrected chi connectivity index (χ2v) is 19.8. The molecule has 0 heteroatoms. The fourth-order valence-electron chi connectivity index (χ4n) is 10.1. The van der Waals surface area contributed by atoms with Crippen LogP contribution in [0.1, 0.15) is 340 Å². The van der Waals surface area contributed by atoms with Gasteiger partial charge in [0.1, 0.15) is 0 Å². The van der Waals surface area contributed by atoms with Gasteiger partial charge in [-0.2, -0.15) is 0 Å². The van der Waals surface area contributed by atoms with E-state index in [9.17, 15) is 0 Å². The minimum absolute atomic E-state index is 0.821. The van der Waals surface area contributed by atoms with Crippen LogP contribution < -0.4 is 0 Å². The highest BCUT2D eigenvalue weighted by molar-refractivity contribution is 4.92. The molecule has 0 atom stereocenters. The Balaban J connectivity index is 1.43. The van der Waals surface area contributed by atoms with E-state index in [1.807, 2.05) is 0 Å². The van der Waals surface area contributed by atoms with Crippen molar-refractivity contribution in [3.05, 3.63) is 0 Å². The summed E-state index contributed by atoms with van der Waals surface area (Å²) in [6.45, 7) is 0. The van der Waals surface area contributed by atoms with Gasteiger partial charge in [-0.15, -0.1) is 0 Å². The van der Waals surface area contributed by atoms with Gasteiger partial charge in [-0.25, -0.2) is 0 Å². The molecule has 0 aromatic carbocycles. The van der Waals surface area contributed by atoms with E-state index in [0.29, 0.717) is 0 Å². The molecule has 0 saturated heterocycles. The fraction of sp³-hybridized carbons (Fsp3) is 1.00. The minimum atomic E-state index is 0.821. The summed E-state index contributed by atoms with van der Waals surface area (Å²) in [5.74, 6) is 0. The second-order valence-electron chi connectivity index (χ2n) is 19.8. The van der Waals surface area contributed by atoms with Gasteiger partial charge in [-0.05, 0) is 31.1 Å². The maximum atomic E-state index is 1.56. The van der Waals surface area contributed by atoms with Crippen LogP contribution in [0.5, 0.6) is 0 Å². The summed E-state index contributed by atoms with van der Waals surface area (Å²) in [6, 6.07) is 0. The first-order valence-electron chi connectivity index (χ1n) is 26.9. The molecule has 0 heterocycles. The Morgan fingerprint density at radius 2 is 0.185 bits per heavy atom. The molecular formula is C54H106. The van der Waals surface area contributed by atoms with E-state index in [2.05, 4.69) is 0 Å². The average Bonchev–Trinajstić information content (AvgIpc) is 3.96. The van der Waals surface area contributed by atoms with E-state index in [0.717, 1.165) is 5.41 Å². The summed E-state index contributed by atoms with van der Waals surface area (Å²) >= 11 is 0. The molecule has 54 heavy (non-hydrogen) atoms. The van der Waals surface area contributed by atoms with Crippen molar-refractivity contribution in [3.63, 3.8) is 0 Å². The van der Waals surface area contributed by atoms with Crippen molar-refractivity contribution in [1.82, 2.24) is 0 Å². The molecule has 1 spiro atoms.